The largest absolute Gasteiger partial charge is 0.378 e. The predicted molar refractivity (Wildman–Crippen MR) is 71.6 cm³/mol. The van der Waals surface area contributed by atoms with E-state index in [0.717, 1.165) is 43.4 Å². The molecule has 0 spiro atoms. The molecule has 17 heavy (non-hydrogen) atoms. The minimum Gasteiger partial charge on any atom is -0.378 e. The van der Waals surface area contributed by atoms with Gasteiger partial charge in [-0.25, -0.2) is 4.98 Å². The number of thiazole rings is 1. The zero-order valence-electron chi connectivity index (χ0n) is 10.6. The molecule has 0 saturated carbocycles. The van der Waals surface area contributed by atoms with Crippen molar-refractivity contribution in [2.24, 2.45) is 5.73 Å². The smallest absolute Gasteiger partial charge is 0.185 e. The molecule has 4 nitrogen and oxygen atoms in total. The molecule has 1 aliphatic heterocycles. The molecule has 2 rings (SSSR count). The Bertz CT molecular complexity index is 359. The van der Waals surface area contributed by atoms with E-state index in [4.69, 9.17) is 10.5 Å². The molecule has 96 valence electrons. The first-order valence-electron chi connectivity index (χ1n) is 6.27. The Morgan fingerprint density at radius 1 is 1.47 bits per heavy atom. The van der Waals surface area contributed by atoms with Crippen LogP contribution in [0.5, 0.6) is 0 Å². The van der Waals surface area contributed by atoms with Crippen molar-refractivity contribution in [2.45, 2.75) is 39.3 Å². The zero-order chi connectivity index (χ0) is 12.3. The first-order chi connectivity index (χ1) is 8.24. The van der Waals surface area contributed by atoms with Crippen molar-refractivity contribution in [1.29, 1.82) is 0 Å². The molecule has 0 aromatic carbocycles. The Labute approximate surface area is 107 Å². The van der Waals surface area contributed by atoms with E-state index in [-0.39, 0.29) is 0 Å². The molecule has 0 bridgehead atoms. The maximum atomic E-state index is 5.69. The summed E-state index contributed by atoms with van der Waals surface area (Å²) in [6.07, 6.45) is 2.64. The van der Waals surface area contributed by atoms with E-state index in [2.05, 4.69) is 16.8 Å². The number of nitrogens with zero attached hydrogens (tertiary/aromatic N) is 2. The van der Waals surface area contributed by atoms with E-state index in [1.807, 2.05) is 6.92 Å². The van der Waals surface area contributed by atoms with E-state index in [0.29, 0.717) is 12.6 Å². The minimum atomic E-state index is 0.436. The first-order valence-corrected chi connectivity index (χ1v) is 7.09. The van der Waals surface area contributed by atoms with Crippen molar-refractivity contribution < 1.29 is 4.74 Å². The molecule has 1 aromatic rings. The molecule has 0 unspecified atom stereocenters. The van der Waals surface area contributed by atoms with E-state index in [1.165, 1.54) is 4.88 Å². The SMILES string of the molecule is CCOC1CCN(c2nc(C)c(CN)s2)CC1. The lowest BCUT2D eigenvalue weighted by Crippen LogP contribution is -2.37. The zero-order valence-corrected chi connectivity index (χ0v) is 11.4. The second-order valence-electron chi connectivity index (χ2n) is 4.35. The Morgan fingerprint density at radius 2 is 2.18 bits per heavy atom. The third kappa shape index (κ3) is 2.97. The van der Waals surface area contributed by atoms with Gasteiger partial charge in [-0.05, 0) is 26.7 Å². The molecule has 5 heteroatoms. The number of rotatable bonds is 4. The van der Waals surface area contributed by atoms with Crippen molar-refractivity contribution in [2.75, 3.05) is 24.6 Å². The van der Waals surface area contributed by atoms with Gasteiger partial charge in [-0.15, -0.1) is 11.3 Å². The van der Waals surface area contributed by atoms with Crippen LogP contribution in [-0.4, -0.2) is 30.8 Å². The van der Waals surface area contributed by atoms with Crippen LogP contribution >= 0.6 is 11.3 Å². The van der Waals surface area contributed by atoms with Gasteiger partial charge in [-0.2, -0.15) is 0 Å². The van der Waals surface area contributed by atoms with Crippen LogP contribution in [0.4, 0.5) is 5.13 Å². The highest BCUT2D eigenvalue weighted by Gasteiger charge is 2.21. The van der Waals surface area contributed by atoms with Crippen LogP contribution in [0.3, 0.4) is 0 Å². The number of aryl methyl sites for hydroxylation is 1. The topological polar surface area (TPSA) is 51.4 Å². The van der Waals surface area contributed by atoms with Crippen molar-refractivity contribution in [3.05, 3.63) is 10.6 Å². The van der Waals surface area contributed by atoms with Crippen LogP contribution in [-0.2, 0) is 11.3 Å². The molecule has 1 aliphatic rings. The van der Waals surface area contributed by atoms with Crippen LogP contribution in [0.25, 0.3) is 0 Å². The number of ether oxygens (including phenoxy) is 1. The highest BCUT2D eigenvalue weighted by atomic mass is 32.1. The van der Waals surface area contributed by atoms with Gasteiger partial charge in [0.05, 0.1) is 11.8 Å². The van der Waals surface area contributed by atoms with E-state index < -0.39 is 0 Å². The van der Waals surface area contributed by atoms with Gasteiger partial charge in [0.1, 0.15) is 0 Å². The first kappa shape index (κ1) is 12.8. The third-order valence-electron chi connectivity index (χ3n) is 3.18. The van der Waals surface area contributed by atoms with Gasteiger partial charge in [0.2, 0.25) is 0 Å². The maximum Gasteiger partial charge on any atom is 0.185 e. The Morgan fingerprint density at radius 3 is 2.71 bits per heavy atom. The monoisotopic (exact) mass is 255 g/mol. The third-order valence-corrected chi connectivity index (χ3v) is 4.42. The molecule has 0 radical (unpaired) electrons. The molecule has 2 heterocycles. The van der Waals surface area contributed by atoms with Gasteiger partial charge >= 0.3 is 0 Å². The second kappa shape index (κ2) is 5.80. The van der Waals surface area contributed by atoms with Crippen molar-refractivity contribution in [3.63, 3.8) is 0 Å². The fourth-order valence-electron chi connectivity index (χ4n) is 2.19. The minimum absolute atomic E-state index is 0.436. The fourth-order valence-corrected chi connectivity index (χ4v) is 3.18. The summed E-state index contributed by atoms with van der Waals surface area (Å²) in [5.74, 6) is 0. The Kier molecular flexibility index (Phi) is 4.36. The lowest BCUT2D eigenvalue weighted by molar-refractivity contribution is 0.0459. The summed E-state index contributed by atoms with van der Waals surface area (Å²) >= 11 is 1.73. The lowest BCUT2D eigenvalue weighted by atomic mass is 10.1. The van der Waals surface area contributed by atoms with Crippen molar-refractivity contribution >= 4 is 16.5 Å². The summed E-state index contributed by atoms with van der Waals surface area (Å²) in [6, 6.07) is 0. The summed E-state index contributed by atoms with van der Waals surface area (Å²) < 4.78 is 5.65. The van der Waals surface area contributed by atoms with Crippen LogP contribution in [0.15, 0.2) is 0 Å². The van der Waals surface area contributed by atoms with E-state index in [9.17, 15) is 0 Å². The summed E-state index contributed by atoms with van der Waals surface area (Å²) in [7, 11) is 0. The van der Waals surface area contributed by atoms with E-state index in [1.54, 1.807) is 11.3 Å². The number of aromatic nitrogens is 1. The number of nitrogens with two attached hydrogens (primary N) is 1. The highest BCUT2D eigenvalue weighted by Crippen LogP contribution is 2.28. The molecule has 0 amide bonds. The quantitative estimate of drug-likeness (QED) is 0.893. The second-order valence-corrected chi connectivity index (χ2v) is 5.41. The molecular weight excluding hydrogens is 234 g/mol. The van der Waals surface area contributed by atoms with Crippen LogP contribution < -0.4 is 10.6 Å². The average Bonchev–Trinajstić information content (AvgIpc) is 2.72. The van der Waals surface area contributed by atoms with Gasteiger partial charge in [-0.3, -0.25) is 0 Å². The highest BCUT2D eigenvalue weighted by molar-refractivity contribution is 7.15. The summed E-state index contributed by atoms with van der Waals surface area (Å²) in [4.78, 5) is 8.15. The molecule has 1 fully saturated rings. The molecular formula is C12H21N3OS. The maximum absolute atomic E-state index is 5.69. The standard InChI is InChI=1S/C12H21N3OS/c1-3-16-10-4-6-15(7-5-10)12-14-9(2)11(8-13)17-12/h10H,3-8,13H2,1-2H3. The van der Waals surface area contributed by atoms with Crippen LogP contribution in [0.1, 0.15) is 30.3 Å². The predicted octanol–water partition coefficient (Wildman–Crippen LogP) is 1.92. The van der Waals surface area contributed by atoms with Crippen LogP contribution in [0, 0.1) is 6.92 Å². The molecule has 0 atom stereocenters. The van der Waals surface area contributed by atoms with Gasteiger partial charge < -0.3 is 15.4 Å². The molecule has 2 N–H and O–H groups in total. The fraction of sp³-hybridized carbons (Fsp3) is 0.750. The summed E-state index contributed by atoms with van der Waals surface area (Å²) in [5, 5.41) is 1.12. The summed E-state index contributed by atoms with van der Waals surface area (Å²) in [6.45, 7) is 7.60. The number of anilines is 1. The summed E-state index contributed by atoms with van der Waals surface area (Å²) in [5.41, 5.74) is 6.77. The van der Waals surface area contributed by atoms with E-state index >= 15 is 0 Å². The average molecular weight is 255 g/mol. The molecule has 1 aromatic heterocycles. The van der Waals surface area contributed by atoms with Gasteiger partial charge in [-0.1, -0.05) is 0 Å². The van der Waals surface area contributed by atoms with Gasteiger partial charge in [0.15, 0.2) is 5.13 Å². The van der Waals surface area contributed by atoms with Crippen molar-refractivity contribution in [3.8, 4) is 0 Å². The Balaban J connectivity index is 1.95. The number of piperidine rings is 1. The van der Waals surface area contributed by atoms with Gasteiger partial charge in [0, 0.05) is 31.1 Å². The molecule has 0 aliphatic carbocycles. The van der Waals surface area contributed by atoms with Crippen molar-refractivity contribution in [1.82, 2.24) is 4.98 Å². The number of hydrogen-bond donors (Lipinski definition) is 1. The normalized spacial score (nSPS) is 17.7. The Hall–Kier alpha value is -0.650. The van der Waals surface area contributed by atoms with Crippen LogP contribution in [0.2, 0.25) is 0 Å². The number of hydrogen-bond acceptors (Lipinski definition) is 5. The molecule has 1 saturated heterocycles. The van der Waals surface area contributed by atoms with Gasteiger partial charge in [0.25, 0.3) is 0 Å². The lowest BCUT2D eigenvalue weighted by Gasteiger charge is -2.31.